The van der Waals surface area contributed by atoms with E-state index in [1.807, 2.05) is 60.7 Å². The Bertz CT molecular complexity index is 1280. The average molecular weight is 501 g/mol. The highest BCUT2D eigenvalue weighted by molar-refractivity contribution is 7.80. The predicted octanol–water partition coefficient (Wildman–Crippen LogP) is 6.53. The first-order valence-electron chi connectivity index (χ1n) is 11.0. The van der Waals surface area contributed by atoms with Crippen molar-refractivity contribution in [3.05, 3.63) is 107 Å². The molecule has 7 heteroatoms. The molecular formula is C28H24N2O3S2. The number of ketones is 2. The van der Waals surface area contributed by atoms with Gasteiger partial charge in [-0.1, -0.05) is 36.4 Å². The number of hydrogen-bond acceptors (Lipinski definition) is 7. The highest BCUT2D eigenvalue weighted by Crippen LogP contribution is 2.39. The summed E-state index contributed by atoms with van der Waals surface area (Å²) in [5.41, 5.74) is 4.06. The zero-order valence-electron chi connectivity index (χ0n) is 18.9. The van der Waals surface area contributed by atoms with E-state index in [0.29, 0.717) is 43.4 Å². The Hall–Kier alpha value is -3.52. The Kier molecular flexibility index (Phi) is 7.60. The lowest BCUT2D eigenvalue weighted by atomic mass is 9.82. The molecule has 0 atom stereocenters. The third-order valence-electron chi connectivity index (χ3n) is 5.30. The van der Waals surface area contributed by atoms with Crippen molar-refractivity contribution in [3.8, 4) is 0 Å². The molecule has 35 heavy (non-hydrogen) atoms. The van der Waals surface area contributed by atoms with Gasteiger partial charge in [0.05, 0.1) is 22.5 Å². The summed E-state index contributed by atoms with van der Waals surface area (Å²) < 4.78 is 0. The van der Waals surface area contributed by atoms with Crippen LogP contribution in [0, 0.1) is 0 Å². The van der Waals surface area contributed by atoms with Crippen molar-refractivity contribution in [2.75, 3.05) is 17.2 Å². The van der Waals surface area contributed by atoms with Crippen molar-refractivity contribution in [1.82, 2.24) is 0 Å². The monoisotopic (exact) mass is 500 g/mol. The van der Waals surface area contributed by atoms with Gasteiger partial charge in [0, 0.05) is 38.9 Å². The lowest BCUT2D eigenvalue weighted by Gasteiger charge is -2.24. The lowest BCUT2D eigenvalue weighted by molar-refractivity contribution is 0.0980. The van der Waals surface area contributed by atoms with Gasteiger partial charge in [0.1, 0.15) is 0 Å². The molecule has 0 aromatic heterocycles. The zero-order valence-corrected chi connectivity index (χ0v) is 20.7. The number of fused-ring (bicyclic) bond motifs is 2. The Morgan fingerprint density at radius 2 is 1.00 bits per heavy atom. The van der Waals surface area contributed by atoms with E-state index in [4.69, 9.17) is 5.11 Å². The number of nitrogens with one attached hydrogen (secondary N) is 2. The smallest absolute Gasteiger partial charge is 0.196 e. The van der Waals surface area contributed by atoms with Crippen LogP contribution in [-0.2, 0) is 0 Å². The SMILES string of the molecule is CCO.O=C1c2cc(S)cc(Nc3ccccc3)c2C(=O)c2cc(S)cc(Nc3ccccc3)c21. The van der Waals surface area contributed by atoms with Gasteiger partial charge in [-0.15, -0.1) is 25.3 Å². The minimum Gasteiger partial charge on any atom is -0.397 e. The third-order valence-corrected chi connectivity index (χ3v) is 5.81. The Morgan fingerprint density at radius 1 is 0.657 bits per heavy atom. The first-order valence-corrected chi connectivity index (χ1v) is 11.9. The van der Waals surface area contributed by atoms with E-state index in [9.17, 15) is 9.59 Å². The van der Waals surface area contributed by atoms with Crippen LogP contribution in [0.4, 0.5) is 22.7 Å². The molecule has 0 unspecified atom stereocenters. The molecular weight excluding hydrogens is 476 g/mol. The molecule has 176 valence electrons. The van der Waals surface area contributed by atoms with Crippen LogP contribution in [0.2, 0.25) is 0 Å². The van der Waals surface area contributed by atoms with Crippen LogP contribution >= 0.6 is 25.3 Å². The van der Waals surface area contributed by atoms with Gasteiger partial charge in [0.25, 0.3) is 0 Å². The van der Waals surface area contributed by atoms with E-state index in [1.165, 1.54) is 0 Å². The van der Waals surface area contributed by atoms with Crippen molar-refractivity contribution in [3.63, 3.8) is 0 Å². The van der Waals surface area contributed by atoms with E-state index in [-0.39, 0.29) is 18.2 Å². The molecule has 3 N–H and O–H groups in total. The van der Waals surface area contributed by atoms with Gasteiger partial charge < -0.3 is 15.7 Å². The van der Waals surface area contributed by atoms with E-state index >= 15 is 0 Å². The van der Waals surface area contributed by atoms with Gasteiger partial charge in [-0.05, 0) is 55.5 Å². The fourth-order valence-corrected chi connectivity index (χ4v) is 4.44. The van der Waals surface area contributed by atoms with E-state index in [2.05, 4.69) is 35.9 Å². The second-order valence-electron chi connectivity index (χ2n) is 7.79. The number of aliphatic hydroxyl groups is 1. The first kappa shape index (κ1) is 24.6. The van der Waals surface area contributed by atoms with Gasteiger partial charge in [-0.3, -0.25) is 9.59 Å². The van der Waals surface area contributed by atoms with Crippen LogP contribution in [0.1, 0.15) is 38.8 Å². The number of hydrogen-bond donors (Lipinski definition) is 5. The van der Waals surface area contributed by atoms with Crippen molar-refractivity contribution in [2.45, 2.75) is 16.7 Å². The minimum absolute atomic E-state index is 0.228. The van der Waals surface area contributed by atoms with Crippen LogP contribution in [0.15, 0.2) is 94.7 Å². The largest absolute Gasteiger partial charge is 0.397 e. The molecule has 4 aromatic carbocycles. The standard InChI is InChI=1S/C26H18N2O2S2.C2H6O/c29-25-20-12-18(32)14-22(28-16-9-5-2-6-10-16)24(20)26(30)19-11-17(31)13-21(23(19)25)27-15-7-3-1-4-8-15;1-2-3/h1-14,27-28,31-32H;3H,2H2,1H3. The Labute approximate surface area is 215 Å². The van der Waals surface area contributed by atoms with Crippen LogP contribution in [-0.4, -0.2) is 23.3 Å². The number of aliphatic hydroxyl groups excluding tert-OH is 1. The van der Waals surface area contributed by atoms with Crippen LogP contribution in [0.3, 0.4) is 0 Å². The van der Waals surface area contributed by atoms with E-state index in [0.717, 1.165) is 11.4 Å². The number of anilines is 4. The van der Waals surface area contributed by atoms with Crippen molar-refractivity contribution >= 4 is 59.6 Å². The maximum atomic E-state index is 13.7. The topological polar surface area (TPSA) is 78.4 Å². The average Bonchev–Trinajstić information content (AvgIpc) is 2.84. The molecule has 5 nitrogen and oxygen atoms in total. The molecule has 1 aliphatic carbocycles. The van der Waals surface area contributed by atoms with Gasteiger partial charge in [0.2, 0.25) is 0 Å². The maximum absolute atomic E-state index is 13.7. The maximum Gasteiger partial charge on any atom is 0.196 e. The summed E-state index contributed by atoms with van der Waals surface area (Å²) in [4.78, 5) is 28.5. The molecule has 4 aromatic rings. The summed E-state index contributed by atoms with van der Waals surface area (Å²) in [5.74, 6) is -0.457. The molecule has 0 aliphatic heterocycles. The van der Waals surface area contributed by atoms with Crippen LogP contribution in [0.25, 0.3) is 0 Å². The van der Waals surface area contributed by atoms with E-state index < -0.39 is 0 Å². The van der Waals surface area contributed by atoms with Gasteiger partial charge in [-0.25, -0.2) is 0 Å². The summed E-state index contributed by atoms with van der Waals surface area (Å²) in [6.45, 7) is 1.93. The van der Waals surface area contributed by atoms with Gasteiger partial charge >= 0.3 is 0 Å². The summed E-state index contributed by atoms with van der Waals surface area (Å²) in [6.07, 6.45) is 0. The van der Waals surface area contributed by atoms with Crippen molar-refractivity contribution in [1.29, 1.82) is 0 Å². The molecule has 0 saturated heterocycles. The summed E-state index contributed by atoms with van der Waals surface area (Å²) in [5, 5.41) is 14.1. The number of para-hydroxylation sites is 2. The fraction of sp³-hybridized carbons (Fsp3) is 0.0714. The number of benzene rings is 4. The highest BCUT2D eigenvalue weighted by atomic mass is 32.1. The summed E-state index contributed by atoms with van der Waals surface area (Å²) in [6, 6.07) is 25.8. The van der Waals surface area contributed by atoms with Crippen LogP contribution in [0.5, 0.6) is 0 Å². The summed E-state index contributed by atoms with van der Waals surface area (Å²) in [7, 11) is 0. The fourth-order valence-electron chi connectivity index (χ4n) is 3.92. The minimum atomic E-state index is -0.228. The number of carbonyl (C=O) groups excluding carboxylic acids is 2. The highest BCUT2D eigenvalue weighted by Gasteiger charge is 2.34. The molecule has 0 spiro atoms. The number of carbonyl (C=O) groups is 2. The third kappa shape index (κ3) is 5.27. The predicted molar refractivity (Wildman–Crippen MR) is 146 cm³/mol. The zero-order chi connectivity index (χ0) is 24.9. The van der Waals surface area contributed by atoms with Gasteiger partial charge in [0.15, 0.2) is 11.6 Å². The molecule has 1 aliphatic rings. The summed E-state index contributed by atoms with van der Waals surface area (Å²) >= 11 is 8.97. The van der Waals surface area contributed by atoms with Crippen molar-refractivity contribution in [2.24, 2.45) is 0 Å². The molecule has 0 saturated carbocycles. The molecule has 0 bridgehead atoms. The Morgan fingerprint density at radius 3 is 1.34 bits per heavy atom. The molecule has 0 radical (unpaired) electrons. The normalized spacial score (nSPS) is 11.7. The van der Waals surface area contributed by atoms with Crippen molar-refractivity contribution < 1.29 is 14.7 Å². The molecule has 0 amide bonds. The van der Waals surface area contributed by atoms with E-state index in [1.54, 1.807) is 31.2 Å². The quantitative estimate of drug-likeness (QED) is 0.182. The first-order chi connectivity index (χ1) is 16.9. The second kappa shape index (κ2) is 10.8. The number of thiol groups is 2. The molecule has 0 fully saturated rings. The lowest BCUT2D eigenvalue weighted by Crippen LogP contribution is -2.23. The Balaban J connectivity index is 0.000000917. The molecule has 0 heterocycles. The second-order valence-corrected chi connectivity index (χ2v) is 8.82. The van der Waals surface area contributed by atoms with Gasteiger partial charge in [-0.2, -0.15) is 0 Å². The molecule has 5 rings (SSSR count). The number of rotatable bonds is 4. The van der Waals surface area contributed by atoms with Crippen LogP contribution < -0.4 is 10.6 Å².